The summed E-state index contributed by atoms with van der Waals surface area (Å²) in [6.45, 7) is 4.19. The van der Waals surface area contributed by atoms with Gasteiger partial charge in [0, 0.05) is 34.2 Å². The Morgan fingerprint density at radius 3 is 1.94 bits per heavy atom. The van der Waals surface area contributed by atoms with Crippen LogP contribution in [0.4, 0.5) is 17.3 Å². The SMILES string of the molecule is CCOC(=O)c1[nH]c2ccccc2c1N.CCOC(=O)c1[nH]c2ccccc2c1Nc1ncccn1. The lowest BCUT2D eigenvalue weighted by Crippen LogP contribution is -2.08. The Labute approximate surface area is 206 Å². The van der Waals surface area contributed by atoms with E-state index in [0.717, 1.165) is 21.8 Å². The van der Waals surface area contributed by atoms with E-state index in [0.29, 0.717) is 41.9 Å². The van der Waals surface area contributed by atoms with Gasteiger partial charge >= 0.3 is 11.9 Å². The van der Waals surface area contributed by atoms with Crippen molar-refractivity contribution in [2.24, 2.45) is 0 Å². The monoisotopic (exact) mass is 486 g/mol. The quantitative estimate of drug-likeness (QED) is 0.250. The lowest BCUT2D eigenvalue weighted by atomic mass is 10.2. The van der Waals surface area contributed by atoms with Crippen molar-refractivity contribution in [2.75, 3.05) is 24.3 Å². The molecule has 0 aliphatic rings. The van der Waals surface area contributed by atoms with Crippen LogP contribution in [-0.4, -0.2) is 45.1 Å². The lowest BCUT2D eigenvalue weighted by molar-refractivity contribution is 0.0512. The van der Waals surface area contributed by atoms with Gasteiger partial charge in [-0.1, -0.05) is 36.4 Å². The first-order valence-electron chi connectivity index (χ1n) is 11.4. The molecule has 0 saturated carbocycles. The molecule has 0 bridgehead atoms. The number of fused-ring (bicyclic) bond motifs is 2. The second-order valence-corrected chi connectivity index (χ2v) is 7.52. The Kier molecular flexibility index (Phi) is 7.45. The number of carbonyl (C=O) groups is 2. The lowest BCUT2D eigenvalue weighted by Gasteiger charge is -2.06. The van der Waals surface area contributed by atoms with Gasteiger partial charge in [-0.15, -0.1) is 0 Å². The number of H-pyrrole nitrogens is 2. The van der Waals surface area contributed by atoms with E-state index in [1.807, 2.05) is 48.5 Å². The molecule has 5 aromatic rings. The summed E-state index contributed by atoms with van der Waals surface area (Å²) in [4.78, 5) is 37.9. The average Bonchev–Trinajstić information content (AvgIpc) is 3.44. The molecule has 5 rings (SSSR count). The first kappa shape index (κ1) is 24.3. The minimum atomic E-state index is -0.411. The number of hydrogen-bond donors (Lipinski definition) is 4. The molecular weight excluding hydrogens is 460 g/mol. The largest absolute Gasteiger partial charge is 0.461 e. The van der Waals surface area contributed by atoms with Gasteiger partial charge in [-0.2, -0.15) is 0 Å². The molecule has 0 spiro atoms. The molecule has 3 heterocycles. The number of hydrogen-bond acceptors (Lipinski definition) is 8. The van der Waals surface area contributed by atoms with Crippen LogP contribution in [0.15, 0.2) is 67.0 Å². The van der Waals surface area contributed by atoms with Crippen LogP contribution in [0, 0.1) is 0 Å². The smallest absolute Gasteiger partial charge is 0.356 e. The Morgan fingerprint density at radius 2 is 1.33 bits per heavy atom. The number of para-hydroxylation sites is 2. The number of benzene rings is 2. The average molecular weight is 487 g/mol. The normalized spacial score (nSPS) is 10.5. The molecule has 0 aliphatic heterocycles. The number of nitrogens with two attached hydrogens (primary N) is 1. The van der Waals surface area contributed by atoms with Gasteiger partial charge < -0.3 is 30.5 Å². The van der Waals surface area contributed by atoms with Gasteiger partial charge in [-0.3, -0.25) is 0 Å². The van der Waals surface area contributed by atoms with Gasteiger partial charge in [0.1, 0.15) is 11.4 Å². The summed E-state index contributed by atoms with van der Waals surface area (Å²) in [5.74, 6) is -0.397. The fourth-order valence-corrected chi connectivity index (χ4v) is 3.63. The van der Waals surface area contributed by atoms with Crippen LogP contribution in [0.1, 0.15) is 34.8 Å². The second kappa shape index (κ2) is 11.0. The number of nitrogens with zero attached hydrogens (tertiary/aromatic N) is 2. The molecule has 0 saturated heterocycles. The van der Waals surface area contributed by atoms with Crippen LogP contribution in [0.2, 0.25) is 0 Å². The van der Waals surface area contributed by atoms with Crippen molar-refractivity contribution < 1.29 is 19.1 Å². The standard InChI is InChI=1S/C15H14N4O2.C11H12N2O2/c1-2-21-14(20)13-12(19-15-16-8-5-9-17-15)10-6-3-4-7-11(10)18-13;1-2-15-11(14)10-9(12)7-5-3-4-6-8(7)13-10/h3-9,18H,2H2,1H3,(H,16,17,19);3-6,13H,2,12H2,1H3. The summed E-state index contributed by atoms with van der Waals surface area (Å²) in [5.41, 5.74) is 9.30. The number of esters is 2. The number of aromatic nitrogens is 4. The van der Waals surface area contributed by atoms with Gasteiger partial charge in [0.05, 0.1) is 24.6 Å². The maximum Gasteiger partial charge on any atom is 0.356 e. The minimum Gasteiger partial charge on any atom is -0.461 e. The van der Waals surface area contributed by atoms with E-state index >= 15 is 0 Å². The van der Waals surface area contributed by atoms with Crippen LogP contribution in [0.25, 0.3) is 21.8 Å². The zero-order valence-electron chi connectivity index (χ0n) is 19.9. The molecule has 0 radical (unpaired) electrons. The van der Waals surface area contributed by atoms with E-state index in [1.54, 1.807) is 32.3 Å². The zero-order chi connectivity index (χ0) is 25.5. The summed E-state index contributed by atoms with van der Waals surface area (Å²) in [7, 11) is 0. The molecule has 10 nitrogen and oxygen atoms in total. The fraction of sp³-hybridized carbons (Fsp3) is 0.154. The van der Waals surface area contributed by atoms with Crippen molar-refractivity contribution in [2.45, 2.75) is 13.8 Å². The molecule has 0 unspecified atom stereocenters. The van der Waals surface area contributed by atoms with E-state index < -0.39 is 11.9 Å². The third-order valence-electron chi connectivity index (χ3n) is 5.21. The highest BCUT2D eigenvalue weighted by Gasteiger charge is 2.19. The summed E-state index contributed by atoms with van der Waals surface area (Å²) < 4.78 is 9.97. The van der Waals surface area contributed by atoms with Crippen molar-refractivity contribution in [3.63, 3.8) is 0 Å². The maximum absolute atomic E-state index is 12.1. The van der Waals surface area contributed by atoms with Crippen LogP contribution in [-0.2, 0) is 9.47 Å². The Hall–Kier alpha value is -4.86. The minimum absolute atomic E-state index is 0.315. The van der Waals surface area contributed by atoms with Crippen molar-refractivity contribution in [1.29, 1.82) is 0 Å². The summed E-state index contributed by atoms with van der Waals surface area (Å²) in [5, 5.41) is 4.81. The number of nitrogen functional groups attached to an aromatic ring is 1. The van der Waals surface area contributed by atoms with E-state index in [2.05, 4.69) is 25.3 Å². The van der Waals surface area contributed by atoms with Crippen molar-refractivity contribution >= 4 is 51.1 Å². The molecule has 0 amide bonds. The predicted octanol–water partition coefficient (Wildman–Crippen LogP) is 4.81. The third kappa shape index (κ3) is 5.12. The first-order valence-corrected chi connectivity index (χ1v) is 11.4. The number of rotatable bonds is 6. The molecule has 3 aromatic heterocycles. The van der Waals surface area contributed by atoms with Crippen LogP contribution in [0.3, 0.4) is 0 Å². The van der Waals surface area contributed by atoms with Gasteiger partial charge in [-0.05, 0) is 32.0 Å². The Morgan fingerprint density at radius 1 is 0.806 bits per heavy atom. The Bertz CT molecular complexity index is 1490. The summed E-state index contributed by atoms with van der Waals surface area (Å²) >= 11 is 0. The topological polar surface area (TPSA) is 148 Å². The molecule has 0 aliphatic carbocycles. The molecule has 0 atom stereocenters. The number of ether oxygens (including phenoxy) is 2. The molecule has 0 fully saturated rings. The van der Waals surface area contributed by atoms with E-state index in [9.17, 15) is 9.59 Å². The molecule has 10 heteroatoms. The molecule has 36 heavy (non-hydrogen) atoms. The highest BCUT2D eigenvalue weighted by atomic mass is 16.5. The third-order valence-corrected chi connectivity index (χ3v) is 5.21. The second-order valence-electron chi connectivity index (χ2n) is 7.52. The Balaban J connectivity index is 0.000000179. The fourth-order valence-electron chi connectivity index (χ4n) is 3.63. The van der Waals surface area contributed by atoms with Crippen molar-refractivity contribution in [3.8, 4) is 0 Å². The van der Waals surface area contributed by atoms with Crippen LogP contribution in [0.5, 0.6) is 0 Å². The van der Waals surface area contributed by atoms with Crippen molar-refractivity contribution in [3.05, 3.63) is 78.4 Å². The van der Waals surface area contributed by atoms with E-state index in [4.69, 9.17) is 15.2 Å². The van der Waals surface area contributed by atoms with Gasteiger partial charge in [0.15, 0.2) is 0 Å². The molecule has 184 valence electrons. The van der Waals surface area contributed by atoms with Crippen molar-refractivity contribution in [1.82, 2.24) is 19.9 Å². The molecule has 2 aromatic carbocycles. The highest BCUT2D eigenvalue weighted by molar-refractivity contribution is 6.07. The summed E-state index contributed by atoms with van der Waals surface area (Å²) in [6.07, 6.45) is 3.27. The van der Waals surface area contributed by atoms with Crippen LogP contribution < -0.4 is 11.1 Å². The zero-order valence-corrected chi connectivity index (χ0v) is 19.9. The molecule has 5 N–H and O–H groups in total. The van der Waals surface area contributed by atoms with Crippen LogP contribution >= 0.6 is 0 Å². The maximum atomic E-state index is 12.1. The van der Waals surface area contributed by atoms with Gasteiger partial charge in [-0.25, -0.2) is 19.6 Å². The highest BCUT2D eigenvalue weighted by Crippen LogP contribution is 2.30. The van der Waals surface area contributed by atoms with Gasteiger partial charge in [0.2, 0.25) is 5.95 Å². The van der Waals surface area contributed by atoms with E-state index in [-0.39, 0.29) is 0 Å². The number of aromatic amines is 2. The van der Waals surface area contributed by atoms with Gasteiger partial charge in [0.25, 0.3) is 0 Å². The number of carbonyl (C=O) groups excluding carboxylic acids is 2. The molecular formula is C26H26N6O4. The van der Waals surface area contributed by atoms with E-state index in [1.165, 1.54) is 0 Å². The predicted molar refractivity (Wildman–Crippen MR) is 138 cm³/mol. The number of nitrogens with one attached hydrogen (secondary N) is 3. The number of anilines is 3. The first-order chi connectivity index (χ1) is 17.5. The summed E-state index contributed by atoms with van der Waals surface area (Å²) in [6, 6.07) is 16.8.